The van der Waals surface area contributed by atoms with Gasteiger partial charge in [-0.15, -0.1) is 0 Å². The van der Waals surface area contributed by atoms with Crippen molar-refractivity contribution in [2.24, 2.45) is 0 Å². The molecule has 3 heteroatoms. The molecule has 1 rings (SSSR count). The van der Waals surface area contributed by atoms with Gasteiger partial charge in [0, 0.05) is 25.7 Å². The number of piperazine rings is 1. The van der Waals surface area contributed by atoms with Gasteiger partial charge in [0.2, 0.25) is 0 Å². The van der Waals surface area contributed by atoms with Crippen molar-refractivity contribution < 1.29 is 5.11 Å². The van der Waals surface area contributed by atoms with E-state index in [1.807, 2.05) is 6.92 Å². The van der Waals surface area contributed by atoms with Crippen LogP contribution < -0.4 is 0 Å². The zero-order valence-corrected chi connectivity index (χ0v) is 10.4. The molecule has 1 saturated heterocycles. The molecule has 0 saturated carbocycles. The number of likely N-dealkylation sites (N-methyl/N-ethyl adjacent to an activating group) is 1. The number of aliphatic hydroxyl groups is 1. The summed E-state index contributed by atoms with van der Waals surface area (Å²) in [5, 5.41) is 9.47. The van der Waals surface area contributed by atoms with E-state index < -0.39 is 0 Å². The van der Waals surface area contributed by atoms with E-state index in [0.717, 1.165) is 25.8 Å². The van der Waals surface area contributed by atoms with Crippen molar-refractivity contribution in [2.45, 2.75) is 45.3 Å². The fourth-order valence-electron chi connectivity index (χ4n) is 2.24. The second-order valence-electron chi connectivity index (χ2n) is 4.85. The maximum Gasteiger partial charge on any atom is 0.0538 e. The maximum atomic E-state index is 9.47. The van der Waals surface area contributed by atoms with Crippen molar-refractivity contribution in [1.29, 1.82) is 0 Å². The third-order valence-electron chi connectivity index (χ3n) is 3.42. The van der Waals surface area contributed by atoms with Crippen molar-refractivity contribution in [3.8, 4) is 0 Å². The molecule has 0 aromatic carbocycles. The van der Waals surface area contributed by atoms with Crippen LogP contribution in [0.5, 0.6) is 0 Å². The molecule has 1 fully saturated rings. The summed E-state index contributed by atoms with van der Waals surface area (Å²) in [6, 6.07) is 0.669. The molecule has 2 unspecified atom stereocenters. The van der Waals surface area contributed by atoms with Crippen LogP contribution in [-0.4, -0.2) is 60.3 Å². The van der Waals surface area contributed by atoms with Gasteiger partial charge >= 0.3 is 0 Å². The van der Waals surface area contributed by atoms with E-state index in [0.29, 0.717) is 6.04 Å². The molecule has 3 nitrogen and oxygen atoms in total. The van der Waals surface area contributed by atoms with Crippen molar-refractivity contribution in [3.05, 3.63) is 0 Å². The Morgan fingerprint density at radius 1 is 1.40 bits per heavy atom. The summed E-state index contributed by atoms with van der Waals surface area (Å²) >= 11 is 0. The quantitative estimate of drug-likeness (QED) is 0.744. The lowest BCUT2D eigenvalue weighted by Crippen LogP contribution is -2.50. The van der Waals surface area contributed by atoms with Crippen LogP contribution in [-0.2, 0) is 0 Å². The molecular weight excluding hydrogens is 188 g/mol. The Bertz CT molecular complexity index is 175. The lowest BCUT2D eigenvalue weighted by atomic mass is 10.1. The van der Waals surface area contributed by atoms with Gasteiger partial charge in [0.05, 0.1) is 6.10 Å². The minimum Gasteiger partial charge on any atom is -0.393 e. The third-order valence-corrected chi connectivity index (χ3v) is 3.42. The van der Waals surface area contributed by atoms with E-state index in [2.05, 4.69) is 23.8 Å². The Morgan fingerprint density at radius 2 is 2.13 bits per heavy atom. The summed E-state index contributed by atoms with van der Waals surface area (Å²) in [5.74, 6) is 0. The lowest BCUT2D eigenvalue weighted by molar-refractivity contribution is 0.0900. The average molecular weight is 214 g/mol. The highest BCUT2D eigenvalue weighted by Crippen LogP contribution is 2.10. The van der Waals surface area contributed by atoms with Gasteiger partial charge in [0.15, 0.2) is 0 Å². The first-order valence-electron chi connectivity index (χ1n) is 6.24. The molecule has 0 aromatic heterocycles. The Balaban J connectivity index is 2.15. The summed E-state index contributed by atoms with van der Waals surface area (Å²) in [7, 11) is 2.19. The van der Waals surface area contributed by atoms with Crippen LogP contribution in [0.25, 0.3) is 0 Å². The zero-order valence-electron chi connectivity index (χ0n) is 10.4. The normalized spacial score (nSPS) is 26.8. The highest BCUT2D eigenvalue weighted by Gasteiger charge is 2.20. The molecule has 1 aliphatic rings. The average Bonchev–Trinajstić information content (AvgIpc) is 2.21. The Kier molecular flexibility index (Phi) is 5.58. The molecule has 0 amide bonds. The van der Waals surface area contributed by atoms with Gasteiger partial charge in [-0.3, -0.25) is 4.90 Å². The number of nitrogens with zero attached hydrogens (tertiary/aromatic N) is 2. The van der Waals surface area contributed by atoms with Crippen molar-refractivity contribution in [2.75, 3.05) is 33.2 Å². The number of rotatable bonds is 5. The smallest absolute Gasteiger partial charge is 0.0538 e. The lowest BCUT2D eigenvalue weighted by Gasteiger charge is -2.38. The molecular formula is C12H26N2O. The van der Waals surface area contributed by atoms with Gasteiger partial charge in [0.25, 0.3) is 0 Å². The summed E-state index contributed by atoms with van der Waals surface area (Å²) in [5.41, 5.74) is 0. The van der Waals surface area contributed by atoms with Crippen LogP contribution in [0.2, 0.25) is 0 Å². The summed E-state index contributed by atoms with van der Waals surface area (Å²) in [6.45, 7) is 9.03. The van der Waals surface area contributed by atoms with E-state index in [-0.39, 0.29) is 6.10 Å². The molecule has 90 valence electrons. The highest BCUT2D eigenvalue weighted by molar-refractivity contribution is 4.77. The summed E-state index contributed by atoms with van der Waals surface area (Å²) < 4.78 is 0. The fourth-order valence-corrected chi connectivity index (χ4v) is 2.24. The van der Waals surface area contributed by atoms with E-state index in [1.54, 1.807) is 0 Å². The van der Waals surface area contributed by atoms with Crippen molar-refractivity contribution >= 4 is 0 Å². The first-order valence-corrected chi connectivity index (χ1v) is 6.24. The maximum absolute atomic E-state index is 9.47. The molecule has 1 aliphatic heterocycles. The zero-order chi connectivity index (χ0) is 11.3. The second kappa shape index (κ2) is 6.46. The van der Waals surface area contributed by atoms with E-state index >= 15 is 0 Å². The van der Waals surface area contributed by atoms with Gasteiger partial charge in [-0.25, -0.2) is 0 Å². The predicted octanol–water partition coefficient (Wildman–Crippen LogP) is 1.17. The number of hydrogen-bond acceptors (Lipinski definition) is 3. The van der Waals surface area contributed by atoms with Crippen LogP contribution in [0.1, 0.15) is 33.1 Å². The van der Waals surface area contributed by atoms with Crippen LogP contribution in [0.3, 0.4) is 0 Å². The molecule has 1 N–H and O–H groups in total. The molecule has 0 aromatic rings. The Hall–Kier alpha value is -0.120. The monoisotopic (exact) mass is 214 g/mol. The minimum absolute atomic E-state index is 0.0900. The minimum atomic E-state index is -0.0900. The largest absolute Gasteiger partial charge is 0.393 e. The first kappa shape index (κ1) is 12.9. The van der Waals surface area contributed by atoms with Crippen molar-refractivity contribution in [3.63, 3.8) is 0 Å². The Morgan fingerprint density at radius 3 is 2.73 bits per heavy atom. The third kappa shape index (κ3) is 4.49. The molecule has 0 radical (unpaired) electrons. The summed E-state index contributed by atoms with van der Waals surface area (Å²) in [4.78, 5) is 4.93. The van der Waals surface area contributed by atoms with Crippen LogP contribution in [0.4, 0.5) is 0 Å². The van der Waals surface area contributed by atoms with E-state index in [9.17, 15) is 5.11 Å². The molecule has 0 spiro atoms. The topological polar surface area (TPSA) is 26.7 Å². The fraction of sp³-hybridized carbons (Fsp3) is 1.00. The number of aliphatic hydroxyl groups excluding tert-OH is 1. The van der Waals surface area contributed by atoms with Gasteiger partial charge in [-0.2, -0.15) is 0 Å². The van der Waals surface area contributed by atoms with Crippen molar-refractivity contribution in [1.82, 2.24) is 9.80 Å². The van der Waals surface area contributed by atoms with E-state index in [4.69, 9.17) is 0 Å². The van der Waals surface area contributed by atoms with Gasteiger partial charge in [-0.1, -0.05) is 6.92 Å². The predicted molar refractivity (Wildman–Crippen MR) is 64.1 cm³/mol. The molecule has 2 atom stereocenters. The van der Waals surface area contributed by atoms with Crippen LogP contribution in [0.15, 0.2) is 0 Å². The molecule has 0 aliphatic carbocycles. The standard InChI is InChI=1S/C12H26N2O/c1-4-12(15)6-5-7-14-9-8-13(3)10-11(14)2/h11-12,15H,4-10H2,1-3H3. The SMILES string of the molecule is CCC(O)CCCN1CCN(C)CC1C. The summed E-state index contributed by atoms with van der Waals surface area (Å²) in [6.07, 6.45) is 2.88. The Labute approximate surface area is 94.1 Å². The van der Waals surface area contributed by atoms with Crippen LogP contribution >= 0.6 is 0 Å². The second-order valence-corrected chi connectivity index (χ2v) is 4.85. The molecule has 0 bridgehead atoms. The first-order chi connectivity index (χ1) is 7.13. The van der Waals surface area contributed by atoms with Gasteiger partial charge < -0.3 is 10.0 Å². The highest BCUT2D eigenvalue weighted by atomic mass is 16.3. The molecule has 1 heterocycles. The molecule has 15 heavy (non-hydrogen) atoms. The van der Waals surface area contributed by atoms with Crippen LogP contribution in [0, 0.1) is 0 Å². The van der Waals surface area contributed by atoms with Gasteiger partial charge in [-0.05, 0) is 39.8 Å². The number of hydrogen-bond donors (Lipinski definition) is 1. The van der Waals surface area contributed by atoms with E-state index in [1.165, 1.54) is 19.6 Å². The van der Waals surface area contributed by atoms with Gasteiger partial charge in [0.1, 0.15) is 0 Å².